The van der Waals surface area contributed by atoms with E-state index in [2.05, 4.69) is 42.1 Å². The predicted molar refractivity (Wildman–Crippen MR) is 146 cm³/mol. The second kappa shape index (κ2) is 11.1. The van der Waals surface area contributed by atoms with E-state index in [-0.39, 0.29) is 5.91 Å². The first-order chi connectivity index (χ1) is 18.7. The Morgan fingerprint density at radius 2 is 1.55 bits per heavy atom. The van der Waals surface area contributed by atoms with E-state index in [1.54, 1.807) is 6.20 Å². The van der Waals surface area contributed by atoms with E-state index in [0.29, 0.717) is 24.8 Å². The number of hydrogen-bond acceptors (Lipinski definition) is 8. The van der Waals surface area contributed by atoms with Crippen molar-refractivity contribution in [2.45, 2.75) is 25.9 Å². The molecule has 200 valence electrons. The molecule has 1 unspecified atom stereocenters. The number of nitrogens with zero attached hydrogens (tertiary/aromatic N) is 8. The number of rotatable bonds is 6. The summed E-state index contributed by atoms with van der Waals surface area (Å²) in [6, 6.07) is 14.0. The summed E-state index contributed by atoms with van der Waals surface area (Å²) in [7, 11) is 0. The summed E-state index contributed by atoms with van der Waals surface area (Å²) in [5, 5.41) is 13.6. The van der Waals surface area contributed by atoms with Gasteiger partial charge >= 0.3 is 0 Å². The van der Waals surface area contributed by atoms with Crippen LogP contribution in [0.4, 0.5) is 11.6 Å². The van der Waals surface area contributed by atoms with Crippen LogP contribution in [0.2, 0.25) is 0 Å². The first-order valence-electron chi connectivity index (χ1n) is 13.7. The summed E-state index contributed by atoms with van der Waals surface area (Å²) in [4.78, 5) is 22.2. The molecule has 1 aromatic carbocycles. The number of hydrogen-bond donors (Lipinski definition) is 0. The first kappa shape index (κ1) is 24.8. The summed E-state index contributed by atoms with van der Waals surface area (Å²) < 4.78 is 7.62. The Morgan fingerprint density at radius 1 is 0.895 bits per heavy atom. The molecule has 10 nitrogen and oxygen atoms in total. The number of ether oxygens (including phenoxy) is 1. The monoisotopic (exact) mass is 516 g/mol. The molecule has 38 heavy (non-hydrogen) atoms. The molecular formula is C28H36N8O2. The van der Waals surface area contributed by atoms with Crippen LogP contribution in [0.15, 0.2) is 48.7 Å². The Morgan fingerprint density at radius 3 is 2.16 bits per heavy atom. The highest BCUT2D eigenvalue weighted by atomic mass is 16.5. The van der Waals surface area contributed by atoms with Crippen molar-refractivity contribution >= 4 is 17.5 Å². The molecule has 0 saturated carbocycles. The second-order valence-corrected chi connectivity index (χ2v) is 10.3. The van der Waals surface area contributed by atoms with Crippen LogP contribution in [0.1, 0.15) is 28.9 Å². The standard InChI is InChI=1S/C28H36N8O2/c1-22-25(20-29-36(22)23-6-3-2-4-7-23)28(37)35-17-15-34(16-18-35)27-10-9-26(30-31-27)33-13-11-32(12-14-33)21-24-8-5-19-38-24/h2-4,6-7,9-10,20,24H,5,8,11-19,21H2,1H3. The van der Waals surface area contributed by atoms with E-state index in [9.17, 15) is 4.79 Å². The number of benzene rings is 1. The van der Waals surface area contributed by atoms with Gasteiger partial charge in [-0.15, -0.1) is 10.2 Å². The third-order valence-electron chi connectivity index (χ3n) is 7.95. The molecule has 3 saturated heterocycles. The SMILES string of the molecule is Cc1c(C(=O)N2CCN(c3ccc(N4CCN(CC5CCCO5)CC4)nn3)CC2)cnn1-c1ccccc1. The molecule has 0 spiro atoms. The number of carbonyl (C=O) groups excluding carboxylic acids is 1. The van der Waals surface area contributed by atoms with Gasteiger partial charge in [0.05, 0.1) is 29.2 Å². The molecular weight excluding hydrogens is 480 g/mol. The Bertz CT molecular complexity index is 1210. The van der Waals surface area contributed by atoms with Crippen molar-refractivity contribution in [3.63, 3.8) is 0 Å². The maximum Gasteiger partial charge on any atom is 0.257 e. The van der Waals surface area contributed by atoms with Crippen molar-refractivity contribution in [2.75, 3.05) is 75.3 Å². The van der Waals surface area contributed by atoms with E-state index in [1.807, 2.05) is 46.8 Å². The van der Waals surface area contributed by atoms with E-state index in [4.69, 9.17) is 4.74 Å². The summed E-state index contributed by atoms with van der Waals surface area (Å²) in [6.07, 6.45) is 4.47. The number of aromatic nitrogens is 4. The highest BCUT2D eigenvalue weighted by Crippen LogP contribution is 2.21. The maximum absolute atomic E-state index is 13.3. The Labute approximate surface area is 223 Å². The molecule has 3 fully saturated rings. The number of piperazine rings is 2. The van der Waals surface area contributed by atoms with Crippen molar-refractivity contribution in [2.24, 2.45) is 0 Å². The van der Waals surface area contributed by atoms with Gasteiger partial charge in [0, 0.05) is 65.5 Å². The molecule has 3 aliphatic heterocycles. The minimum Gasteiger partial charge on any atom is -0.377 e. The molecule has 1 atom stereocenters. The van der Waals surface area contributed by atoms with Gasteiger partial charge in [0.15, 0.2) is 11.6 Å². The topological polar surface area (TPSA) is 82.9 Å². The van der Waals surface area contributed by atoms with E-state index < -0.39 is 0 Å². The fraction of sp³-hybridized carbons (Fsp3) is 0.500. The van der Waals surface area contributed by atoms with Gasteiger partial charge in [-0.3, -0.25) is 9.69 Å². The number of anilines is 2. The van der Waals surface area contributed by atoms with Gasteiger partial charge in [-0.2, -0.15) is 5.10 Å². The largest absolute Gasteiger partial charge is 0.377 e. The molecule has 1 amide bonds. The second-order valence-electron chi connectivity index (χ2n) is 10.3. The van der Waals surface area contributed by atoms with Crippen LogP contribution in [0.3, 0.4) is 0 Å². The Balaban J connectivity index is 1.01. The Hall–Kier alpha value is -3.50. The fourth-order valence-corrected chi connectivity index (χ4v) is 5.65. The highest BCUT2D eigenvalue weighted by molar-refractivity contribution is 5.95. The third-order valence-corrected chi connectivity index (χ3v) is 7.95. The lowest BCUT2D eigenvalue weighted by molar-refractivity contribution is 0.0712. The lowest BCUT2D eigenvalue weighted by Gasteiger charge is -2.37. The minimum absolute atomic E-state index is 0.0319. The molecule has 2 aromatic heterocycles. The smallest absolute Gasteiger partial charge is 0.257 e. The maximum atomic E-state index is 13.3. The summed E-state index contributed by atoms with van der Waals surface area (Å²) in [6.45, 7) is 10.6. The molecule has 0 aliphatic carbocycles. The lowest BCUT2D eigenvalue weighted by atomic mass is 10.2. The van der Waals surface area contributed by atoms with Crippen molar-refractivity contribution in [1.29, 1.82) is 0 Å². The van der Waals surface area contributed by atoms with Crippen LogP contribution >= 0.6 is 0 Å². The Kier molecular flexibility index (Phi) is 7.24. The number of amides is 1. The van der Waals surface area contributed by atoms with E-state index in [1.165, 1.54) is 12.8 Å². The van der Waals surface area contributed by atoms with Crippen molar-refractivity contribution in [3.8, 4) is 5.69 Å². The highest BCUT2D eigenvalue weighted by Gasteiger charge is 2.27. The summed E-state index contributed by atoms with van der Waals surface area (Å²) in [5.41, 5.74) is 2.47. The predicted octanol–water partition coefficient (Wildman–Crippen LogP) is 2.23. The molecule has 10 heteroatoms. The molecule has 6 rings (SSSR count). The summed E-state index contributed by atoms with van der Waals surface area (Å²) in [5.74, 6) is 1.83. The molecule has 5 heterocycles. The fourth-order valence-electron chi connectivity index (χ4n) is 5.65. The zero-order valence-electron chi connectivity index (χ0n) is 22.1. The normalized spacial score (nSPS) is 20.8. The molecule has 0 bridgehead atoms. The number of para-hydroxylation sites is 1. The van der Waals surface area contributed by atoms with Gasteiger partial charge in [0.1, 0.15) is 0 Å². The van der Waals surface area contributed by atoms with Crippen LogP contribution in [0, 0.1) is 6.92 Å². The lowest BCUT2D eigenvalue weighted by Crippen LogP contribution is -2.49. The average molecular weight is 517 g/mol. The molecule has 3 aliphatic rings. The van der Waals surface area contributed by atoms with Crippen molar-refractivity contribution in [3.05, 3.63) is 59.9 Å². The van der Waals surface area contributed by atoms with Crippen LogP contribution in [0.25, 0.3) is 5.69 Å². The van der Waals surface area contributed by atoms with E-state index in [0.717, 1.165) is 75.4 Å². The van der Waals surface area contributed by atoms with Gasteiger partial charge in [-0.1, -0.05) is 18.2 Å². The zero-order chi connectivity index (χ0) is 25.9. The third kappa shape index (κ3) is 5.23. The molecule has 0 radical (unpaired) electrons. The van der Waals surface area contributed by atoms with Crippen LogP contribution in [-0.2, 0) is 4.74 Å². The van der Waals surface area contributed by atoms with Gasteiger partial charge in [0.2, 0.25) is 0 Å². The van der Waals surface area contributed by atoms with E-state index >= 15 is 0 Å². The van der Waals surface area contributed by atoms with Gasteiger partial charge < -0.3 is 19.4 Å². The van der Waals surface area contributed by atoms with Crippen LogP contribution < -0.4 is 9.80 Å². The first-order valence-corrected chi connectivity index (χ1v) is 13.7. The minimum atomic E-state index is 0.0319. The van der Waals surface area contributed by atoms with Crippen LogP contribution in [-0.4, -0.2) is 107 Å². The molecule has 3 aromatic rings. The average Bonchev–Trinajstić information content (AvgIpc) is 3.63. The quantitative estimate of drug-likeness (QED) is 0.494. The van der Waals surface area contributed by atoms with Gasteiger partial charge in [0.25, 0.3) is 5.91 Å². The van der Waals surface area contributed by atoms with Crippen LogP contribution in [0.5, 0.6) is 0 Å². The zero-order valence-corrected chi connectivity index (χ0v) is 22.1. The summed E-state index contributed by atoms with van der Waals surface area (Å²) >= 11 is 0. The van der Waals surface area contributed by atoms with Gasteiger partial charge in [-0.25, -0.2) is 4.68 Å². The number of carbonyl (C=O) groups is 1. The molecule has 0 N–H and O–H groups in total. The van der Waals surface area contributed by atoms with Crippen molar-refractivity contribution < 1.29 is 9.53 Å². The van der Waals surface area contributed by atoms with Gasteiger partial charge in [-0.05, 0) is 44.0 Å². The van der Waals surface area contributed by atoms with Crippen molar-refractivity contribution in [1.82, 2.24) is 29.8 Å².